The van der Waals surface area contributed by atoms with Crippen molar-refractivity contribution in [1.29, 1.82) is 0 Å². The first kappa shape index (κ1) is 35.6. The number of fused-ring (bicyclic) bond motifs is 8. The standard InChI is InChI=1S/2C21H25NO4/c2*1-23-18-6-5-13-9-17-15-11-20(25-3)19(24-2)10-14(15)7-8-22(17)12-16(13)21(18)26-4/h2*5-6,10-11,17H,7-9,12H2,1-4H3/t2*17-/m00/s1. The van der Waals surface area contributed by atoms with Crippen LogP contribution in [0.1, 0.15) is 56.6 Å². The molecule has 0 unspecified atom stereocenters. The number of rotatable bonds is 8. The van der Waals surface area contributed by atoms with Crippen LogP contribution in [0.4, 0.5) is 0 Å². The van der Waals surface area contributed by atoms with Crippen molar-refractivity contribution >= 4 is 0 Å². The van der Waals surface area contributed by atoms with Crippen LogP contribution in [0.3, 0.4) is 0 Å². The Balaban J connectivity index is 0.000000162. The molecule has 0 spiro atoms. The quantitative estimate of drug-likeness (QED) is 0.196. The summed E-state index contributed by atoms with van der Waals surface area (Å²) in [5, 5.41) is 0. The minimum Gasteiger partial charge on any atom is -0.493 e. The summed E-state index contributed by atoms with van der Waals surface area (Å²) in [5.74, 6) is 6.53. The van der Waals surface area contributed by atoms with Crippen molar-refractivity contribution in [1.82, 2.24) is 9.80 Å². The Labute approximate surface area is 307 Å². The van der Waals surface area contributed by atoms with E-state index < -0.39 is 0 Å². The van der Waals surface area contributed by atoms with E-state index in [0.29, 0.717) is 12.1 Å². The molecule has 8 rings (SSSR count). The van der Waals surface area contributed by atoms with Crippen LogP contribution in [-0.2, 0) is 38.8 Å². The Bertz CT molecular complexity index is 1810. The van der Waals surface area contributed by atoms with Gasteiger partial charge in [0.25, 0.3) is 0 Å². The lowest BCUT2D eigenvalue weighted by atomic mass is 9.83. The zero-order chi connectivity index (χ0) is 36.5. The predicted molar refractivity (Wildman–Crippen MR) is 199 cm³/mol. The van der Waals surface area contributed by atoms with Gasteiger partial charge in [0.05, 0.1) is 56.9 Å². The molecule has 0 saturated carbocycles. The van der Waals surface area contributed by atoms with E-state index in [2.05, 4.69) is 46.2 Å². The fraction of sp³-hybridized carbons (Fsp3) is 0.429. The molecule has 10 nitrogen and oxygen atoms in total. The molecule has 0 bridgehead atoms. The number of hydrogen-bond acceptors (Lipinski definition) is 10. The first-order valence-corrected chi connectivity index (χ1v) is 17.8. The number of hydrogen-bond donors (Lipinski definition) is 0. The van der Waals surface area contributed by atoms with E-state index in [1.54, 1.807) is 56.9 Å². The largest absolute Gasteiger partial charge is 0.493 e. The van der Waals surface area contributed by atoms with Crippen molar-refractivity contribution in [3.05, 3.63) is 93.0 Å². The zero-order valence-corrected chi connectivity index (χ0v) is 31.6. The molecular formula is C42H50N2O8. The van der Waals surface area contributed by atoms with Crippen LogP contribution in [0.5, 0.6) is 46.0 Å². The third-order valence-electron chi connectivity index (χ3n) is 11.3. The molecule has 4 aromatic rings. The first-order valence-electron chi connectivity index (χ1n) is 17.8. The number of nitrogens with zero attached hydrogens (tertiary/aromatic N) is 2. The van der Waals surface area contributed by atoms with Crippen LogP contribution in [0, 0.1) is 0 Å². The Morgan fingerprint density at radius 3 is 1.13 bits per heavy atom. The molecule has 4 aromatic carbocycles. The molecule has 0 aromatic heterocycles. The molecule has 52 heavy (non-hydrogen) atoms. The molecule has 4 heterocycles. The van der Waals surface area contributed by atoms with Gasteiger partial charge in [-0.1, -0.05) is 12.1 Å². The molecule has 4 aliphatic heterocycles. The molecule has 0 amide bonds. The maximum absolute atomic E-state index is 5.66. The van der Waals surface area contributed by atoms with Crippen molar-refractivity contribution in [2.75, 3.05) is 70.0 Å². The van der Waals surface area contributed by atoms with Gasteiger partial charge < -0.3 is 37.9 Å². The monoisotopic (exact) mass is 710 g/mol. The number of methoxy groups -OCH3 is 8. The Morgan fingerprint density at radius 2 is 0.788 bits per heavy atom. The predicted octanol–water partition coefficient (Wildman–Crippen LogP) is 6.75. The molecular weight excluding hydrogens is 660 g/mol. The minimum atomic E-state index is 0.351. The summed E-state index contributed by atoms with van der Waals surface area (Å²) in [6.45, 7) is 3.78. The molecule has 0 fully saturated rings. The van der Waals surface area contributed by atoms with E-state index in [-0.39, 0.29) is 0 Å². The SMILES string of the molecule is COc1cc2c(cc1OC)[C@@H]1Cc3ccc(OC)c(OC)c3CN1CC2.COc1cc2c(cc1OC)[C@@H]1Cc3ccc(OC)c(OC)c3CN1CC2. The molecule has 10 heteroatoms. The average Bonchev–Trinajstić information content (AvgIpc) is 3.20. The fourth-order valence-electron chi connectivity index (χ4n) is 8.63. The van der Waals surface area contributed by atoms with Crippen LogP contribution in [0.2, 0.25) is 0 Å². The van der Waals surface area contributed by atoms with Gasteiger partial charge in [-0.3, -0.25) is 9.80 Å². The van der Waals surface area contributed by atoms with Gasteiger partial charge in [-0.05, 0) is 95.5 Å². The van der Waals surface area contributed by atoms with E-state index in [1.807, 2.05) is 12.1 Å². The minimum absolute atomic E-state index is 0.351. The molecule has 0 radical (unpaired) electrons. The highest BCUT2D eigenvalue weighted by Crippen LogP contribution is 2.47. The van der Waals surface area contributed by atoms with E-state index in [1.165, 1.54) is 44.5 Å². The smallest absolute Gasteiger partial charge is 0.165 e. The maximum Gasteiger partial charge on any atom is 0.165 e. The van der Waals surface area contributed by atoms with Crippen LogP contribution >= 0.6 is 0 Å². The highest BCUT2D eigenvalue weighted by Gasteiger charge is 2.36. The summed E-state index contributed by atoms with van der Waals surface area (Å²) in [4.78, 5) is 5.05. The van der Waals surface area contributed by atoms with Gasteiger partial charge in [0.1, 0.15) is 0 Å². The summed E-state index contributed by atoms with van der Waals surface area (Å²) in [5.41, 5.74) is 10.5. The fourth-order valence-corrected chi connectivity index (χ4v) is 8.63. The highest BCUT2D eigenvalue weighted by molar-refractivity contribution is 5.56. The van der Waals surface area contributed by atoms with Gasteiger partial charge in [0.2, 0.25) is 0 Å². The van der Waals surface area contributed by atoms with E-state index in [9.17, 15) is 0 Å². The number of benzene rings is 4. The van der Waals surface area contributed by atoms with Crippen LogP contribution in [-0.4, -0.2) is 79.8 Å². The van der Waals surface area contributed by atoms with Crippen molar-refractivity contribution in [2.45, 2.75) is 50.9 Å². The van der Waals surface area contributed by atoms with E-state index in [4.69, 9.17) is 37.9 Å². The van der Waals surface area contributed by atoms with Crippen molar-refractivity contribution < 1.29 is 37.9 Å². The maximum atomic E-state index is 5.66. The van der Waals surface area contributed by atoms with Crippen LogP contribution < -0.4 is 37.9 Å². The Hall–Kier alpha value is -4.80. The second-order valence-corrected chi connectivity index (χ2v) is 13.6. The lowest BCUT2D eigenvalue weighted by Gasteiger charge is -2.42. The molecule has 0 saturated heterocycles. The molecule has 4 aliphatic rings. The van der Waals surface area contributed by atoms with Gasteiger partial charge in [0.15, 0.2) is 46.0 Å². The van der Waals surface area contributed by atoms with Crippen molar-refractivity contribution in [3.63, 3.8) is 0 Å². The van der Waals surface area contributed by atoms with Crippen molar-refractivity contribution in [3.8, 4) is 46.0 Å². The van der Waals surface area contributed by atoms with E-state index in [0.717, 1.165) is 97.9 Å². The van der Waals surface area contributed by atoms with Gasteiger partial charge in [-0.2, -0.15) is 0 Å². The van der Waals surface area contributed by atoms with Gasteiger partial charge in [-0.15, -0.1) is 0 Å². The average molecular weight is 711 g/mol. The third kappa shape index (κ3) is 6.21. The van der Waals surface area contributed by atoms with Gasteiger partial charge in [0, 0.05) is 49.4 Å². The lowest BCUT2D eigenvalue weighted by Crippen LogP contribution is -2.39. The number of ether oxygens (including phenoxy) is 8. The highest BCUT2D eigenvalue weighted by atomic mass is 16.5. The summed E-state index contributed by atoms with van der Waals surface area (Å²) in [6, 6.07) is 17.6. The summed E-state index contributed by atoms with van der Waals surface area (Å²) in [7, 11) is 13.6. The lowest BCUT2D eigenvalue weighted by molar-refractivity contribution is 0.157. The van der Waals surface area contributed by atoms with Gasteiger partial charge in [-0.25, -0.2) is 0 Å². The normalized spacial score (nSPS) is 18.4. The first-order chi connectivity index (χ1) is 25.4. The van der Waals surface area contributed by atoms with Crippen LogP contribution in [0.25, 0.3) is 0 Å². The zero-order valence-electron chi connectivity index (χ0n) is 31.6. The Kier molecular flexibility index (Phi) is 10.3. The topological polar surface area (TPSA) is 80.3 Å². The molecule has 0 aliphatic carbocycles. The summed E-state index contributed by atoms with van der Waals surface area (Å²) < 4.78 is 44.3. The second kappa shape index (κ2) is 15.0. The van der Waals surface area contributed by atoms with Crippen LogP contribution in [0.15, 0.2) is 48.5 Å². The second-order valence-electron chi connectivity index (χ2n) is 13.6. The third-order valence-corrected chi connectivity index (χ3v) is 11.3. The van der Waals surface area contributed by atoms with Crippen molar-refractivity contribution in [2.24, 2.45) is 0 Å². The van der Waals surface area contributed by atoms with E-state index >= 15 is 0 Å². The van der Waals surface area contributed by atoms with Gasteiger partial charge >= 0.3 is 0 Å². The molecule has 2 atom stereocenters. The summed E-state index contributed by atoms with van der Waals surface area (Å²) >= 11 is 0. The molecule has 276 valence electrons. The Morgan fingerprint density at radius 1 is 0.423 bits per heavy atom. The molecule has 0 N–H and O–H groups in total. The summed E-state index contributed by atoms with van der Waals surface area (Å²) in [6.07, 6.45) is 3.93.